The van der Waals surface area contributed by atoms with Gasteiger partial charge in [0.25, 0.3) is 0 Å². The monoisotopic (exact) mass is 213 g/mol. The Labute approximate surface area is 89.9 Å². The summed E-state index contributed by atoms with van der Waals surface area (Å²) >= 11 is 0. The molecule has 0 aromatic carbocycles. The van der Waals surface area contributed by atoms with Crippen LogP contribution in [0.1, 0.15) is 19.3 Å². The first-order chi connectivity index (χ1) is 7.27. The van der Waals surface area contributed by atoms with E-state index in [1.54, 1.807) is 4.90 Å². The van der Waals surface area contributed by atoms with Crippen molar-refractivity contribution < 1.29 is 9.53 Å². The molecule has 2 fully saturated rings. The van der Waals surface area contributed by atoms with Crippen molar-refractivity contribution in [1.29, 1.82) is 0 Å². The molecule has 2 aliphatic rings. The van der Waals surface area contributed by atoms with E-state index in [-0.39, 0.29) is 18.1 Å². The number of rotatable bonds is 1. The maximum Gasteiger partial charge on any atom is 0.317 e. The van der Waals surface area contributed by atoms with Gasteiger partial charge < -0.3 is 20.7 Å². The van der Waals surface area contributed by atoms with Crippen molar-refractivity contribution in [1.82, 2.24) is 10.2 Å². The van der Waals surface area contributed by atoms with Crippen LogP contribution in [0.25, 0.3) is 0 Å². The third kappa shape index (κ3) is 2.60. The summed E-state index contributed by atoms with van der Waals surface area (Å²) in [5.74, 6) is 0. The molecule has 1 aliphatic carbocycles. The molecular weight excluding hydrogens is 194 g/mol. The molecule has 0 bridgehead atoms. The van der Waals surface area contributed by atoms with E-state index in [4.69, 9.17) is 10.5 Å². The first-order valence-corrected chi connectivity index (χ1v) is 5.66. The molecule has 3 N–H and O–H groups in total. The number of carbonyl (C=O) groups excluding carboxylic acids is 1. The fraction of sp³-hybridized carbons (Fsp3) is 0.900. The molecule has 5 nitrogen and oxygen atoms in total. The van der Waals surface area contributed by atoms with E-state index in [1.807, 2.05) is 0 Å². The van der Waals surface area contributed by atoms with E-state index < -0.39 is 0 Å². The minimum atomic E-state index is 0.0145. The molecule has 2 amide bonds. The van der Waals surface area contributed by atoms with Crippen LogP contribution < -0.4 is 11.1 Å². The van der Waals surface area contributed by atoms with Crippen LogP contribution in [0.5, 0.6) is 0 Å². The molecule has 0 radical (unpaired) electrons. The molecule has 2 rings (SSSR count). The largest absolute Gasteiger partial charge is 0.378 e. The van der Waals surface area contributed by atoms with Gasteiger partial charge in [-0.25, -0.2) is 4.79 Å². The number of nitrogens with two attached hydrogens (primary N) is 1. The lowest BCUT2D eigenvalue weighted by Gasteiger charge is -2.29. The Balaban J connectivity index is 1.80. The average Bonchev–Trinajstić information content (AvgIpc) is 2.66. The van der Waals surface area contributed by atoms with Gasteiger partial charge >= 0.3 is 6.03 Å². The highest BCUT2D eigenvalue weighted by atomic mass is 16.5. The van der Waals surface area contributed by atoms with Gasteiger partial charge in [0, 0.05) is 25.2 Å². The van der Waals surface area contributed by atoms with Crippen LogP contribution >= 0.6 is 0 Å². The number of amides is 2. The summed E-state index contributed by atoms with van der Waals surface area (Å²) in [7, 11) is 0. The third-order valence-electron chi connectivity index (χ3n) is 3.18. The molecule has 1 aliphatic heterocycles. The predicted molar refractivity (Wildman–Crippen MR) is 56.5 cm³/mol. The van der Waals surface area contributed by atoms with E-state index in [9.17, 15) is 4.79 Å². The summed E-state index contributed by atoms with van der Waals surface area (Å²) in [6, 6.07) is 0.316. The molecule has 0 aromatic rings. The number of urea groups is 1. The number of hydrogen-bond acceptors (Lipinski definition) is 3. The zero-order valence-corrected chi connectivity index (χ0v) is 8.95. The lowest BCUT2D eigenvalue weighted by molar-refractivity contribution is 0.0524. The predicted octanol–water partition coefficient (Wildman–Crippen LogP) is -0.0920. The van der Waals surface area contributed by atoms with Crippen LogP contribution in [0, 0.1) is 0 Å². The minimum Gasteiger partial charge on any atom is -0.378 e. The Morgan fingerprint density at radius 2 is 2.07 bits per heavy atom. The van der Waals surface area contributed by atoms with Crippen molar-refractivity contribution in [3.05, 3.63) is 0 Å². The van der Waals surface area contributed by atoms with Crippen molar-refractivity contribution in [3.8, 4) is 0 Å². The van der Waals surface area contributed by atoms with Gasteiger partial charge in [0.15, 0.2) is 0 Å². The lowest BCUT2D eigenvalue weighted by Crippen LogP contribution is -2.52. The van der Waals surface area contributed by atoms with E-state index in [0.29, 0.717) is 26.3 Å². The molecule has 1 heterocycles. The summed E-state index contributed by atoms with van der Waals surface area (Å²) < 4.78 is 5.19. The first-order valence-electron chi connectivity index (χ1n) is 5.66. The van der Waals surface area contributed by atoms with Crippen LogP contribution in [0.15, 0.2) is 0 Å². The minimum absolute atomic E-state index is 0.0145. The molecule has 5 heteroatoms. The normalized spacial score (nSPS) is 31.7. The third-order valence-corrected chi connectivity index (χ3v) is 3.18. The quantitative estimate of drug-likeness (QED) is 0.639. The molecule has 1 saturated carbocycles. The van der Waals surface area contributed by atoms with Crippen molar-refractivity contribution in [2.45, 2.75) is 31.3 Å². The van der Waals surface area contributed by atoms with Crippen LogP contribution in [-0.2, 0) is 4.74 Å². The molecule has 0 spiro atoms. The highest BCUT2D eigenvalue weighted by Crippen LogP contribution is 2.17. The second-order valence-corrected chi connectivity index (χ2v) is 4.25. The Bertz CT molecular complexity index is 229. The van der Waals surface area contributed by atoms with Gasteiger partial charge in [0.05, 0.1) is 13.2 Å². The summed E-state index contributed by atoms with van der Waals surface area (Å²) in [4.78, 5) is 13.6. The Kier molecular flexibility index (Phi) is 3.43. The van der Waals surface area contributed by atoms with Crippen LogP contribution in [0.2, 0.25) is 0 Å². The van der Waals surface area contributed by atoms with Crippen LogP contribution in [0.4, 0.5) is 4.79 Å². The second-order valence-electron chi connectivity index (χ2n) is 4.25. The first kappa shape index (κ1) is 10.7. The fourth-order valence-electron chi connectivity index (χ4n) is 2.18. The van der Waals surface area contributed by atoms with Gasteiger partial charge in [-0.05, 0) is 19.3 Å². The molecule has 2 unspecified atom stereocenters. The van der Waals surface area contributed by atoms with E-state index in [0.717, 1.165) is 19.3 Å². The zero-order chi connectivity index (χ0) is 10.7. The highest BCUT2D eigenvalue weighted by Gasteiger charge is 2.27. The van der Waals surface area contributed by atoms with Gasteiger partial charge in [-0.3, -0.25) is 0 Å². The number of morpholine rings is 1. The maximum atomic E-state index is 11.8. The highest BCUT2D eigenvalue weighted by molar-refractivity contribution is 5.74. The maximum absolute atomic E-state index is 11.8. The van der Waals surface area contributed by atoms with Gasteiger partial charge in [0.2, 0.25) is 0 Å². The standard InChI is InChI=1S/C10H19N3O2/c11-8-2-1-3-9(8)12-10(14)13-4-6-15-7-5-13/h8-9H,1-7,11H2,(H,12,14). The summed E-state index contributed by atoms with van der Waals surface area (Å²) in [6.07, 6.45) is 3.15. The Morgan fingerprint density at radius 3 is 2.67 bits per heavy atom. The van der Waals surface area contributed by atoms with Gasteiger partial charge in [-0.2, -0.15) is 0 Å². The van der Waals surface area contributed by atoms with Gasteiger partial charge in [0.1, 0.15) is 0 Å². The lowest BCUT2D eigenvalue weighted by atomic mass is 10.2. The topological polar surface area (TPSA) is 67.6 Å². The van der Waals surface area contributed by atoms with E-state index >= 15 is 0 Å². The van der Waals surface area contributed by atoms with Crippen molar-refractivity contribution >= 4 is 6.03 Å². The molecular formula is C10H19N3O2. The number of nitrogens with zero attached hydrogens (tertiary/aromatic N) is 1. The van der Waals surface area contributed by atoms with Crippen LogP contribution in [0.3, 0.4) is 0 Å². The van der Waals surface area contributed by atoms with E-state index in [1.165, 1.54) is 0 Å². The Hall–Kier alpha value is -0.810. The molecule has 1 saturated heterocycles. The van der Waals surface area contributed by atoms with Gasteiger partial charge in [-0.1, -0.05) is 0 Å². The number of carbonyl (C=O) groups is 1. The number of hydrogen-bond donors (Lipinski definition) is 2. The number of nitrogens with one attached hydrogen (secondary N) is 1. The van der Waals surface area contributed by atoms with Crippen molar-refractivity contribution in [2.75, 3.05) is 26.3 Å². The summed E-state index contributed by atoms with van der Waals surface area (Å²) in [5.41, 5.74) is 5.90. The average molecular weight is 213 g/mol. The van der Waals surface area contributed by atoms with Crippen molar-refractivity contribution in [3.63, 3.8) is 0 Å². The molecule has 2 atom stereocenters. The smallest absolute Gasteiger partial charge is 0.317 e. The van der Waals surface area contributed by atoms with Crippen molar-refractivity contribution in [2.24, 2.45) is 5.73 Å². The van der Waals surface area contributed by atoms with E-state index in [2.05, 4.69) is 5.32 Å². The SMILES string of the molecule is NC1CCCC1NC(=O)N1CCOCC1. The Morgan fingerprint density at radius 1 is 1.33 bits per heavy atom. The summed E-state index contributed by atoms with van der Waals surface area (Å²) in [5, 5.41) is 3.00. The molecule has 86 valence electrons. The fourth-order valence-corrected chi connectivity index (χ4v) is 2.18. The molecule has 15 heavy (non-hydrogen) atoms. The number of ether oxygens (including phenoxy) is 1. The van der Waals surface area contributed by atoms with Gasteiger partial charge in [-0.15, -0.1) is 0 Å². The second kappa shape index (κ2) is 4.81. The summed E-state index contributed by atoms with van der Waals surface area (Å²) in [6.45, 7) is 2.66. The van der Waals surface area contributed by atoms with Crippen LogP contribution in [-0.4, -0.2) is 49.3 Å². The zero-order valence-electron chi connectivity index (χ0n) is 8.95. The molecule has 0 aromatic heterocycles.